The van der Waals surface area contributed by atoms with Gasteiger partial charge in [0.05, 0.1) is 5.69 Å². The van der Waals surface area contributed by atoms with E-state index in [9.17, 15) is 0 Å². The number of nitrogens with two attached hydrogens (primary N) is 1. The Morgan fingerprint density at radius 2 is 2.53 bits per heavy atom. The Morgan fingerprint density at radius 1 is 1.73 bits per heavy atom. The molecule has 2 unspecified atom stereocenters. The molecule has 0 amide bonds. The van der Waals surface area contributed by atoms with E-state index in [-0.39, 0.29) is 12.4 Å². The van der Waals surface area contributed by atoms with Gasteiger partial charge in [-0.25, -0.2) is 0 Å². The summed E-state index contributed by atoms with van der Waals surface area (Å²) in [6.07, 6.45) is 1.22. The normalized spacial score (nSPS) is 23.7. The summed E-state index contributed by atoms with van der Waals surface area (Å²) < 4.78 is 3.86. The smallest absolute Gasteiger partial charge is 0.0895 e. The summed E-state index contributed by atoms with van der Waals surface area (Å²) >= 11 is 1.42. The summed E-state index contributed by atoms with van der Waals surface area (Å²) in [6.45, 7) is 5.28. The van der Waals surface area contributed by atoms with Crippen molar-refractivity contribution in [3.8, 4) is 0 Å². The molecule has 0 aliphatic carbocycles. The third-order valence-electron chi connectivity index (χ3n) is 2.84. The van der Waals surface area contributed by atoms with Crippen LogP contribution in [0.15, 0.2) is 5.38 Å². The molecule has 0 spiro atoms. The predicted octanol–water partition coefficient (Wildman–Crippen LogP) is 1.13. The van der Waals surface area contributed by atoms with Crippen molar-refractivity contribution in [3.05, 3.63) is 11.1 Å². The van der Waals surface area contributed by atoms with Crippen LogP contribution in [0.3, 0.4) is 0 Å². The second-order valence-electron chi connectivity index (χ2n) is 4.04. The number of hydrogen-bond donors (Lipinski definition) is 1. The third kappa shape index (κ3) is 3.38. The summed E-state index contributed by atoms with van der Waals surface area (Å²) in [5.41, 5.74) is 6.96. The highest BCUT2D eigenvalue weighted by Crippen LogP contribution is 2.20. The Labute approximate surface area is 100 Å². The van der Waals surface area contributed by atoms with Gasteiger partial charge in [0.1, 0.15) is 0 Å². The molecule has 1 aromatic rings. The van der Waals surface area contributed by atoms with Crippen molar-refractivity contribution in [2.75, 3.05) is 13.1 Å². The number of nitrogens with zero attached hydrogens (tertiary/aromatic N) is 3. The lowest BCUT2D eigenvalue weighted by Gasteiger charge is -2.16. The molecular formula is C9H17ClN4S. The summed E-state index contributed by atoms with van der Waals surface area (Å²) in [7, 11) is 0. The number of likely N-dealkylation sites (tertiary alicyclic amines) is 1. The average molecular weight is 249 g/mol. The molecule has 2 rings (SSSR count). The number of aromatic nitrogens is 2. The van der Waals surface area contributed by atoms with Crippen molar-refractivity contribution in [3.63, 3.8) is 0 Å². The zero-order valence-electron chi connectivity index (χ0n) is 8.80. The van der Waals surface area contributed by atoms with Gasteiger partial charge in [-0.2, -0.15) is 0 Å². The molecule has 0 radical (unpaired) electrons. The lowest BCUT2D eigenvalue weighted by atomic mass is 10.0. The Hall–Kier alpha value is -0.230. The molecule has 1 fully saturated rings. The molecular weight excluding hydrogens is 232 g/mol. The molecule has 1 saturated heterocycles. The molecule has 15 heavy (non-hydrogen) atoms. The fourth-order valence-corrected chi connectivity index (χ4v) is 2.36. The minimum absolute atomic E-state index is 0. The van der Waals surface area contributed by atoms with Gasteiger partial charge in [-0.1, -0.05) is 4.49 Å². The van der Waals surface area contributed by atoms with E-state index in [4.69, 9.17) is 5.73 Å². The van der Waals surface area contributed by atoms with E-state index in [1.165, 1.54) is 18.0 Å². The Balaban J connectivity index is 0.00000112. The van der Waals surface area contributed by atoms with Crippen molar-refractivity contribution >= 4 is 23.9 Å². The molecule has 6 heteroatoms. The number of rotatable bonds is 3. The fourth-order valence-electron chi connectivity index (χ4n) is 1.92. The first kappa shape index (κ1) is 12.8. The molecule has 1 aliphatic rings. The van der Waals surface area contributed by atoms with Crippen molar-refractivity contribution in [1.29, 1.82) is 0 Å². The van der Waals surface area contributed by atoms with Crippen LogP contribution in [0.4, 0.5) is 0 Å². The van der Waals surface area contributed by atoms with Gasteiger partial charge in [-0.3, -0.25) is 4.90 Å². The molecule has 1 aliphatic heterocycles. The SMILES string of the molecule is CC(N)C1CCN(Cc2csnn2)C1.Cl. The first-order valence-electron chi connectivity index (χ1n) is 4.99. The van der Waals surface area contributed by atoms with E-state index in [2.05, 4.69) is 21.4 Å². The maximum Gasteiger partial charge on any atom is 0.0895 e. The first-order valence-corrected chi connectivity index (χ1v) is 5.83. The maximum atomic E-state index is 5.88. The minimum Gasteiger partial charge on any atom is -0.328 e. The van der Waals surface area contributed by atoms with Crippen LogP contribution >= 0.6 is 23.9 Å². The van der Waals surface area contributed by atoms with Gasteiger partial charge in [0, 0.05) is 24.5 Å². The van der Waals surface area contributed by atoms with Crippen LogP contribution in [-0.2, 0) is 6.54 Å². The van der Waals surface area contributed by atoms with Gasteiger partial charge >= 0.3 is 0 Å². The van der Waals surface area contributed by atoms with Crippen LogP contribution in [0.25, 0.3) is 0 Å². The van der Waals surface area contributed by atoms with Crippen molar-refractivity contribution in [2.24, 2.45) is 11.7 Å². The Bertz CT molecular complexity index is 278. The van der Waals surface area contributed by atoms with E-state index in [1.54, 1.807) is 0 Å². The molecule has 0 aromatic carbocycles. The number of halogens is 1. The Kier molecular flexibility index (Phi) is 4.92. The monoisotopic (exact) mass is 248 g/mol. The van der Waals surface area contributed by atoms with Crippen LogP contribution in [0, 0.1) is 5.92 Å². The molecule has 1 aromatic heterocycles. The molecule has 2 atom stereocenters. The lowest BCUT2D eigenvalue weighted by Crippen LogP contribution is -2.29. The van der Waals surface area contributed by atoms with E-state index in [1.807, 2.05) is 5.38 Å². The third-order valence-corrected chi connectivity index (χ3v) is 3.40. The van der Waals surface area contributed by atoms with Gasteiger partial charge in [0.25, 0.3) is 0 Å². The molecule has 2 N–H and O–H groups in total. The van der Waals surface area contributed by atoms with Crippen molar-refractivity contribution in [1.82, 2.24) is 14.5 Å². The van der Waals surface area contributed by atoms with E-state index >= 15 is 0 Å². The quantitative estimate of drug-likeness (QED) is 0.871. The predicted molar refractivity (Wildman–Crippen MR) is 64.2 cm³/mol. The van der Waals surface area contributed by atoms with Crippen LogP contribution < -0.4 is 5.73 Å². The average Bonchev–Trinajstić information content (AvgIpc) is 2.75. The zero-order chi connectivity index (χ0) is 9.97. The molecule has 2 heterocycles. The van der Waals surface area contributed by atoms with Crippen LogP contribution in [0.5, 0.6) is 0 Å². The van der Waals surface area contributed by atoms with Gasteiger partial charge in [0.2, 0.25) is 0 Å². The highest BCUT2D eigenvalue weighted by atomic mass is 35.5. The van der Waals surface area contributed by atoms with Gasteiger partial charge in [-0.15, -0.1) is 17.5 Å². The molecule has 86 valence electrons. The van der Waals surface area contributed by atoms with Gasteiger partial charge in [0.15, 0.2) is 0 Å². The highest BCUT2D eigenvalue weighted by Gasteiger charge is 2.25. The summed E-state index contributed by atoms with van der Waals surface area (Å²) in [4.78, 5) is 2.41. The molecule has 0 bridgehead atoms. The van der Waals surface area contributed by atoms with E-state index < -0.39 is 0 Å². The molecule has 4 nitrogen and oxygen atoms in total. The standard InChI is InChI=1S/C9H16N4S.ClH/c1-7(10)8-2-3-13(4-8)5-9-6-14-12-11-9;/h6-8H,2-5,10H2,1H3;1H. The zero-order valence-corrected chi connectivity index (χ0v) is 10.4. The van der Waals surface area contributed by atoms with Crippen LogP contribution in [-0.4, -0.2) is 33.6 Å². The first-order chi connectivity index (χ1) is 6.75. The second-order valence-corrected chi connectivity index (χ2v) is 4.65. The lowest BCUT2D eigenvalue weighted by molar-refractivity contribution is 0.305. The number of hydrogen-bond acceptors (Lipinski definition) is 5. The summed E-state index contributed by atoms with van der Waals surface area (Å²) in [6, 6.07) is 0.313. The second kappa shape index (κ2) is 5.75. The highest BCUT2D eigenvalue weighted by molar-refractivity contribution is 7.03. The summed E-state index contributed by atoms with van der Waals surface area (Å²) in [5, 5.41) is 6.06. The van der Waals surface area contributed by atoms with Gasteiger partial charge < -0.3 is 5.73 Å². The van der Waals surface area contributed by atoms with E-state index in [0.717, 1.165) is 25.3 Å². The van der Waals surface area contributed by atoms with Crippen molar-refractivity contribution in [2.45, 2.75) is 25.9 Å². The van der Waals surface area contributed by atoms with Crippen LogP contribution in [0.1, 0.15) is 19.0 Å². The largest absolute Gasteiger partial charge is 0.328 e. The minimum atomic E-state index is 0. The molecule has 0 saturated carbocycles. The van der Waals surface area contributed by atoms with Crippen LogP contribution in [0.2, 0.25) is 0 Å². The Morgan fingerprint density at radius 3 is 3.07 bits per heavy atom. The topological polar surface area (TPSA) is 55.0 Å². The van der Waals surface area contributed by atoms with Crippen molar-refractivity contribution < 1.29 is 0 Å². The summed E-state index contributed by atoms with van der Waals surface area (Å²) in [5.74, 6) is 0.654. The maximum absolute atomic E-state index is 5.88. The van der Waals surface area contributed by atoms with E-state index in [0.29, 0.717) is 12.0 Å². The fraction of sp³-hybridized carbons (Fsp3) is 0.778. The van der Waals surface area contributed by atoms with Gasteiger partial charge in [-0.05, 0) is 37.3 Å².